The van der Waals surface area contributed by atoms with Crippen LogP contribution in [0.1, 0.15) is 37.4 Å². The van der Waals surface area contributed by atoms with Crippen LogP contribution in [0.2, 0.25) is 0 Å². The summed E-state index contributed by atoms with van der Waals surface area (Å²) in [7, 11) is 0. The highest BCUT2D eigenvalue weighted by Crippen LogP contribution is 2.36. The van der Waals surface area contributed by atoms with Crippen LogP contribution in [0.5, 0.6) is 5.75 Å². The number of hydrogen-bond acceptors (Lipinski definition) is 3. The van der Waals surface area contributed by atoms with Crippen molar-refractivity contribution in [3.8, 4) is 5.75 Å². The number of benzene rings is 1. The molecule has 2 heterocycles. The topological polar surface area (TPSA) is 27.7 Å². The molecule has 20 heavy (non-hydrogen) atoms. The maximum atomic E-state index is 6.22. The highest BCUT2D eigenvalue weighted by molar-refractivity contribution is 9.10. The van der Waals surface area contributed by atoms with E-state index in [0.29, 0.717) is 5.92 Å². The molecule has 1 unspecified atom stereocenters. The van der Waals surface area contributed by atoms with Gasteiger partial charge in [-0.25, -0.2) is 0 Å². The molecule has 0 spiro atoms. The SMILES string of the molecule is Brc1ccc2c(c1)OCCCC2OCC1CCOCC1. The lowest BCUT2D eigenvalue weighted by Gasteiger charge is -2.25. The summed E-state index contributed by atoms with van der Waals surface area (Å²) in [6, 6.07) is 6.24. The first-order chi connectivity index (χ1) is 9.83. The lowest BCUT2D eigenvalue weighted by atomic mass is 10.0. The highest BCUT2D eigenvalue weighted by Gasteiger charge is 2.22. The molecule has 2 aliphatic heterocycles. The number of halogens is 1. The monoisotopic (exact) mass is 340 g/mol. The van der Waals surface area contributed by atoms with Gasteiger partial charge in [0.2, 0.25) is 0 Å². The predicted octanol–water partition coefficient (Wildman–Crippen LogP) is 4.11. The fraction of sp³-hybridized carbons (Fsp3) is 0.625. The van der Waals surface area contributed by atoms with Gasteiger partial charge < -0.3 is 14.2 Å². The molecule has 1 saturated heterocycles. The Morgan fingerprint density at radius 2 is 2.00 bits per heavy atom. The molecule has 0 amide bonds. The zero-order chi connectivity index (χ0) is 13.8. The van der Waals surface area contributed by atoms with E-state index in [1.54, 1.807) is 0 Å². The molecule has 0 radical (unpaired) electrons. The van der Waals surface area contributed by atoms with Crippen molar-refractivity contribution in [2.75, 3.05) is 26.4 Å². The third kappa shape index (κ3) is 3.54. The van der Waals surface area contributed by atoms with E-state index in [1.165, 1.54) is 5.56 Å². The molecule has 0 bridgehead atoms. The third-order valence-corrected chi connectivity index (χ3v) is 4.56. The van der Waals surface area contributed by atoms with Gasteiger partial charge in [-0.2, -0.15) is 0 Å². The minimum Gasteiger partial charge on any atom is -0.493 e. The first-order valence-corrected chi connectivity index (χ1v) is 8.24. The van der Waals surface area contributed by atoms with E-state index in [1.807, 2.05) is 6.07 Å². The first kappa shape index (κ1) is 14.4. The van der Waals surface area contributed by atoms with Gasteiger partial charge in [-0.05, 0) is 43.7 Å². The zero-order valence-corrected chi connectivity index (χ0v) is 13.2. The number of hydrogen-bond donors (Lipinski definition) is 0. The van der Waals surface area contributed by atoms with Crippen molar-refractivity contribution in [2.24, 2.45) is 5.92 Å². The predicted molar refractivity (Wildman–Crippen MR) is 81.1 cm³/mol. The van der Waals surface area contributed by atoms with Gasteiger partial charge in [0.25, 0.3) is 0 Å². The van der Waals surface area contributed by atoms with Gasteiger partial charge in [0.05, 0.1) is 19.3 Å². The molecule has 1 aromatic carbocycles. The minimum absolute atomic E-state index is 0.170. The Morgan fingerprint density at radius 3 is 2.85 bits per heavy atom. The van der Waals surface area contributed by atoms with Crippen LogP contribution in [0, 0.1) is 5.92 Å². The molecule has 4 heteroatoms. The second-order valence-corrected chi connectivity index (χ2v) is 6.47. The summed E-state index contributed by atoms with van der Waals surface area (Å²) in [4.78, 5) is 0. The van der Waals surface area contributed by atoms with Crippen LogP contribution < -0.4 is 4.74 Å². The Bertz CT molecular complexity index is 443. The van der Waals surface area contributed by atoms with Crippen LogP contribution in [0.3, 0.4) is 0 Å². The fourth-order valence-corrected chi connectivity index (χ4v) is 3.18. The molecule has 2 aliphatic rings. The van der Waals surface area contributed by atoms with Crippen molar-refractivity contribution in [3.05, 3.63) is 28.2 Å². The molecule has 110 valence electrons. The second-order valence-electron chi connectivity index (χ2n) is 5.55. The Morgan fingerprint density at radius 1 is 1.15 bits per heavy atom. The zero-order valence-electron chi connectivity index (χ0n) is 11.6. The smallest absolute Gasteiger partial charge is 0.126 e. The maximum absolute atomic E-state index is 6.22. The normalized spacial score (nSPS) is 23.8. The largest absolute Gasteiger partial charge is 0.493 e. The molecule has 0 aliphatic carbocycles. The average Bonchev–Trinajstić information content (AvgIpc) is 2.68. The molecular weight excluding hydrogens is 320 g/mol. The Kier molecular flexibility index (Phi) is 4.97. The highest BCUT2D eigenvalue weighted by atomic mass is 79.9. The number of ether oxygens (including phenoxy) is 3. The van der Waals surface area contributed by atoms with E-state index in [4.69, 9.17) is 14.2 Å². The Labute approximate surface area is 128 Å². The Hall–Kier alpha value is -0.580. The molecule has 0 N–H and O–H groups in total. The van der Waals surface area contributed by atoms with Gasteiger partial charge >= 0.3 is 0 Å². The lowest BCUT2D eigenvalue weighted by Crippen LogP contribution is -2.21. The molecule has 0 aromatic heterocycles. The standard InChI is InChI=1S/C16H21BrO3/c17-13-3-4-14-15(2-1-7-19-16(14)10-13)20-11-12-5-8-18-9-6-12/h3-4,10,12,15H,1-2,5-9,11H2. The average molecular weight is 341 g/mol. The van der Waals surface area contributed by atoms with E-state index in [-0.39, 0.29) is 6.10 Å². The van der Waals surface area contributed by atoms with Gasteiger partial charge in [-0.3, -0.25) is 0 Å². The molecule has 3 nitrogen and oxygen atoms in total. The summed E-state index contributed by atoms with van der Waals surface area (Å²) in [5.74, 6) is 1.61. The van der Waals surface area contributed by atoms with E-state index in [2.05, 4.69) is 28.1 Å². The van der Waals surface area contributed by atoms with Gasteiger partial charge in [-0.1, -0.05) is 22.0 Å². The maximum Gasteiger partial charge on any atom is 0.126 e. The number of fused-ring (bicyclic) bond motifs is 1. The minimum atomic E-state index is 0.170. The van der Waals surface area contributed by atoms with Gasteiger partial charge in [0, 0.05) is 23.2 Å². The third-order valence-electron chi connectivity index (χ3n) is 4.06. The number of rotatable bonds is 3. The van der Waals surface area contributed by atoms with Crippen molar-refractivity contribution < 1.29 is 14.2 Å². The molecular formula is C16H21BrO3. The fourth-order valence-electron chi connectivity index (χ4n) is 2.84. The van der Waals surface area contributed by atoms with Crippen LogP contribution in [0.25, 0.3) is 0 Å². The van der Waals surface area contributed by atoms with Crippen LogP contribution >= 0.6 is 15.9 Å². The second kappa shape index (κ2) is 6.92. The van der Waals surface area contributed by atoms with Crippen molar-refractivity contribution in [1.82, 2.24) is 0 Å². The quantitative estimate of drug-likeness (QED) is 0.828. The van der Waals surface area contributed by atoms with E-state index in [9.17, 15) is 0 Å². The van der Waals surface area contributed by atoms with Crippen LogP contribution in [0.4, 0.5) is 0 Å². The van der Waals surface area contributed by atoms with Crippen LogP contribution in [0.15, 0.2) is 22.7 Å². The summed E-state index contributed by atoms with van der Waals surface area (Å²) in [6.45, 7) is 3.38. The van der Waals surface area contributed by atoms with Gasteiger partial charge in [0.1, 0.15) is 5.75 Å². The molecule has 1 fully saturated rings. The van der Waals surface area contributed by atoms with Crippen molar-refractivity contribution >= 4 is 15.9 Å². The summed E-state index contributed by atoms with van der Waals surface area (Å²) in [5, 5.41) is 0. The Balaban J connectivity index is 1.66. The van der Waals surface area contributed by atoms with Crippen molar-refractivity contribution in [1.29, 1.82) is 0 Å². The van der Waals surface area contributed by atoms with E-state index >= 15 is 0 Å². The summed E-state index contributed by atoms with van der Waals surface area (Å²) < 4.78 is 18.5. The van der Waals surface area contributed by atoms with Crippen LogP contribution in [-0.2, 0) is 9.47 Å². The molecule has 1 aromatic rings. The van der Waals surface area contributed by atoms with Crippen LogP contribution in [-0.4, -0.2) is 26.4 Å². The van der Waals surface area contributed by atoms with E-state index in [0.717, 1.165) is 62.3 Å². The van der Waals surface area contributed by atoms with Gasteiger partial charge in [-0.15, -0.1) is 0 Å². The van der Waals surface area contributed by atoms with Gasteiger partial charge in [0.15, 0.2) is 0 Å². The molecule has 0 saturated carbocycles. The summed E-state index contributed by atoms with van der Waals surface area (Å²) in [6.07, 6.45) is 4.50. The van der Waals surface area contributed by atoms with Crippen molar-refractivity contribution in [3.63, 3.8) is 0 Å². The summed E-state index contributed by atoms with van der Waals surface area (Å²) >= 11 is 3.50. The van der Waals surface area contributed by atoms with Crippen molar-refractivity contribution in [2.45, 2.75) is 31.8 Å². The summed E-state index contributed by atoms with van der Waals surface area (Å²) in [5.41, 5.74) is 1.19. The molecule has 1 atom stereocenters. The first-order valence-electron chi connectivity index (χ1n) is 7.44. The lowest BCUT2D eigenvalue weighted by molar-refractivity contribution is -0.0143. The van der Waals surface area contributed by atoms with E-state index < -0.39 is 0 Å². The molecule has 3 rings (SSSR count).